The van der Waals surface area contributed by atoms with Crippen LogP contribution in [0.15, 0.2) is 24.3 Å². The Morgan fingerprint density at radius 3 is 2.95 bits per heavy atom. The molecule has 5 heteroatoms. The van der Waals surface area contributed by atoms with Crippen molar-refractivity contribution in [3.8, 4) is 6.07 Å². The zero-order valence-electron chi connectivity index (χ0n) is 12.9. The van der Waals surface area contributed by atoms with Crippen molar-refractivity contribution in [2.24, 2.45) is 5.41 Å². The van der Waals surface area contributed by atoms with E-state index < -0.39 is 0 Å². The molecule has 0 N–H and O–H groups in total. The lowest BCUT2D eigenvalue weighted by molar-refractivity contribution is 0.0658. The number of carbonyl (C=O) groups excluding carboxylic acids is 1. The van der Waals surface area contributed by atoms with Gasteiger partial charge in [0.25, 0.3) is 5.91 Å². The Labute approximate surface area is 131 Å². The highest BCUT2D eigenvalue weighted by molar-refractivity contribution is 5.94. The fraction of sp³-hybridized carbons (Fsp3) is 0.529. The number of likely N-dealkylation sites (tertiary alicyclic amines) is 1. The third kappa shape index (κ3) is 2.99. The van der Waals surface area contributed by atoms with Crippen molar-refractivity contribution in [2.75, 3.05) is 46.4 Å². The molecule has 5 nitrogen and oxygen atoms in total. The first-order chi connectivity index (χ1) is 10.6. The summed E-state index contributed by atoms with van der Waals surface area (Å²) in [6, 6.07) is 9.02. The van der Waals surface area contributed by atoms with Crippen LogP contribution in [0, 0.1) is 16.7 Å². The molecule has 0 aromatic heterocycles. The summed E-state index contributed by atoms with van der Waals surface area (Å²) in [5.41, 5.74) is 1.16. The van der Waals surface area contributed by atoms with Crippen LogP contribution in [-0.2, 0) is 4.74 Å². The number of hydrogen-bond acceptors (Lipinski definition) is 4. The second-order valence-electron chi connectivity index (χ2n) is 6.46. The quantitative estimate of drug-likeness (QED) is 0.785. The molecule has 1 aromatic rings. The number of carbonyl (C=O) groups is 1. The average Bonchev–Trinajstić information content (AvgIpc) is 2.77. The van der Waals surface area contributed by atoms with Crippen LogP contribution in [0.5, 0.6) is 0 Å². The van der Waals surface area contributed by atoms with Gasteiger partial charge in [-0.05, 0) is 38.2 Å². The first kappa shape index (κ1) is 15.0. The molecule has 2 fully saturated rings. The van der Waals surface area contributed by atoms with Gasteiger partial charge in [-0.3, -0.25) is 4.79 Å². The fourth-order valence-electron chi connectivity index (χ4n) is 3.48. The molecular weight excluding hydrogens is 278 g/mol. The van der Waals surface area contributed by atoms with Crippen molar-refractivity contribution in [3.05, 3.63) is 35.4 Å². The monoisotopic (exact) mass is 299 g/mol. The number of nitriles is 1. The van der Waals surface area contributed by atoms with Gasteiger partial charge in [0, 0.05) is 30.6 Å². The van der Waals surface area contributed by atoms with E-state index in [1.54, 1.807) is 24.3 Å². The molecule has 1 atom stereocenters. The molecular formula is C17H21N3O2. The second-order valence-corrected chi connectivity index (χ2v) is 6.46. The smallest absolute Gasteiger partial charge is 0.253 e. The Hall–Kier alpha value is -1.90. The van der Waals surface area contributed by atoms with Crippen LogP contribution in [0.4, 0.5) is 0 Å². The van der Waals surface area contributed by atoms with Gasteiger partial charge in [-0.25, -0.2) is 0 Å². The summed E-state index contributed by atoms with van der Waals surface area (Å²) in [6.07, 6.45) is 1.06. The van der Waals surface area contributed by atoms with Gasteiger partial charge in [0.15, 0.2) is 0 Å². The van der Waals surface area contributed by atoms with Gasteiger partial charge in [-0.1, -0.05) is 6.07 Å². The maximum absolute atomic E-state index is 12.8. The summed E-state index contributed by atoms with van der Waals surface area (Å²) in [5, 5.41) is 9.00. The Kier molecular flexibility index (Phi) is 4.14. The van der Waals surface area contributed by atoms with Crippen molar-refractivity contribution in [1.82, 2.24) is 9.80 Å². The molecule has 2 aliphatic heterocycles. The lowest BCUT2D eigenvalue weighted by Gasteiger charge is -2.31. The molecule has 2 aliphatic rings. The highest BCUT2D eigenvalue weighted by Crippen LogP contribution is 2.33. The van der Waals surface area contributed by atoms with E-state index >= 15 is 0 Å². The van der Waals surface area contributed by atoms with E-state index in [1.807, 2.05) is 4.90 Å². The zero-order valence-corrected chi connectivity index (χ0v) is 12.9. The summed E-state index contributed by atoms with van der Waals surface area (Å²) in [6.45, 7) is 4.66. The van der Waals surface area contributed by atoms with Gasteiger partial charge in [0.2, 0.25) is 0 Å². The van der Waals surface area contributed by atoms with Crippen LogP contribution in [-0.4, -0.2) is 62.1 Å². The third-order valence-corrected chi connectivity index (χ3v) is 4.60. The van der Waals surface area contributed by atoms with Crippen molar-refractivity contribution < 1.29 is 9.53 Å². The predicted molar refractivity (Wildman–Crippen MR) is 82.4 cm³/mol. The minimum atomic E-state index is -0.00321. The molecule has 0 aliphatic carbocycles. The molecule has 0 unspecified atom stereocenters. The highest BCUT2D eigenvalue weighted by Gasteiger charge is 2.41. The maximum atomic E-state index is 12.8. The minimum Gasteiger partial charge on any atom is -0.379 e. The van der Waals surface area contributed by atoms with Crippen LogP contribution in [0.25, 0.3) is 0 Å². The molecule has 2 heterocycles. The fourth-order valence-corrected chi connectivity index (χ4v) is 3.48. The van der Waals surface area contributed by atoms with E-state index in [9.17, 15) is 4.79 Å². The summed E-state index contributed by atoms with van der Waals surface area (Å²) < 4.78 is 5.77. The van der Waals surface area contributed by atoms with Crippen molar-refractivity contribution >= 4 is 5.91 Å². The zero-order chi connectivity index (χ0) is 15.6. The number of benzene rings is 1. The summed E-state index contributed by atoms with van der Waals surface area (Å²) in [4.78, 5) is 17.0. The Bertz CT molecular complexity index is 610. The number of nitrogens with zero attached hydrogens (tertiary/aromatic N) is 3. The first-order valence-electron chi connectivity index (χ1n) is 7.68. The number of ether oxygens (including phenoxy) is 1. The molecule has 2 saturated heterocycles. The largest absolute Gasteiger partial charge is 0.379 e. The average molecular weight is 299 g/mol. The van der Waals surface area contributed by atoms with Crippen molar-refractivity contribution in [3.63, 3.8) is 0 Å². The number of rotatable bonds is 1. The summed E-state index contributed by atoms with van der Waals surface area (Å²) in [7, 11) is 2.11. The topological polar surface area (TPSA) is 56.6 Å². The van der Waals surface area contributed by atoms with Gasteiger partial charge < -0.3 is 14.5 Å². The van der Waals surface area contributed by atoms with Gasteiger partial charge in [-0.15, -0.1) is 0 Å². The lowest BCUT2D eigenvalue weighted by atomic mass is 9.87. The van der Waals surface area contributed by atoms with Gasteiger partial charge in [0.1, 0.15) is 0 Å². The van der Waals surface area contributed by atoms with Crippen molar-refractivity contribution in [1.29, 1.82) is 5.26 Å². The summed E-state index contributed by atoms with van der Waals surface area (Å²) in [5.74, 6) is -0.00321. The molecule has 1 aromatic carbocycles. The van der Waals surface area contributed by atoms with Crippen LogP contribution in [0.3, 0.4) is 0 Å². The van der Waals surface area contributed by atoms with Crippen LogP contribution >= 0.6 is 0 Å². The van der Waals surface area contributed by atoms with Gasteiger partial charge in [0.05, 0.1) is 24.8 Å². The summed E-state index contributed by atoms with van der Waals surface area (Å²) >= 11 is 0. The standard InChI is InChI=1S/C17H21N3O2/c1-19-6-5-17(11-19)12-20(7-8-22-13-17)16(21)15-4-2-3-14(9-15)10-18/h2-4,9H,5-8,11-13H2,1H3/t17-/m0/s1. The molecule has 3 rings (SSSR count). The lowest BCUT2D eigenvalue weighted by Crippen LogP contribution is -2.43. The molecule has 0 saturated carbocycles. The van der Waals surface area contributed by atoms with Crippen LogP contribution in [0.2, 0.25) is 0 Å². The molecule has 0 radical (unpaired) electrons. The molecule has 0 bridgehead atoms. The number of amides is 1. The van der Waals surface area contributed by atoms with Gasteiger partial charge >= 0.3 is 0 Å². The Balaban J connectivity index is 1.80. The normalized spacial score (nSPS) is 25.9. The minimum absolute atomic E-state index is 0.00321. The van der Waals surface area contributed by atoms with Crippen LogP contribution in [0.1, 0.15) is 22.3 Å². The first-order valence-corrected chi connectivity index (χ1v) is 7.68. The van der Waals surface area contributed by atoms with E-state index in [0.717, 1.165) is 32.7 Å². The molecule has 1 spiro atoms. The van der Waals surface area contributed by atoms with Gasteiger partial charge in [-0.2, -0.15) is 5.26 Å². The molecule has 1 amide bonds. The molecule has 22 heavy (non-hydrogen) atoms. The predicted octanol–water partition coefficient (Wildman–Crippen LogP) is 1.35. The third-order valence-electron chi connectivity index (χ3n) is 4.60. The van der Waals surface area contributed by atoms with E-state index in [4.69, 9.17) is 10.00 Å². The van der Waals surface area contributed by atoms with E-state index in [0.29, 0.717) is 24.3 Å². The Morgan fingerprint density at radius 2 is 2.23 bits per heavy atom. The highest BCUT2D eigenvalue weighted by atomic mass is 16.5. The van der Waals surface area contributed by atoms with E-state index in [2.05, 4.69) is 18.0 Å². The maximum Gasteiger partial charge on any atom is 0.253 e. The number of hydrogen-bond donors (Lipinski definition) is 0. The van der Waals surface area contributed by atoms with E-state index in [1.165, 1.54) is 0 Å². The Morgan fingerprint density at radius 1 is 1.36 bits per heavy atom. The van der Waals surface area contributed by atoms with E-state index in [-0.39, 0.29) is 11.3 Å². The SMILES string of the molecule is CN1CC[C@]2(COCCN(C(=O)c3cccc(C#N)c3)C2)C1. The molecule has 116 valence electrons. The second kappa shape index (κ2) is 6.07. The van der Waals surface area contributed by atoms with Crippen molar-refractivity contribution in [2.45, 2.75) is 6.42 Å². The van der Waals surface area contributed by atoms with Crippen LogP contribution < -0.4 is 0 Å².